The number of fused-ring (bicyclic) bond motifs is 1. The van der Waals surface area contributed by atoms with E-state index in [4.69, 9.17) is 0 Å². The summed E-state index contributed by atoms with van der Waals surface area (Å²) < 4.78 is 2.39. The van der Waals surface area contributed by atoms with Crippen molar-refractivity contribution in [3.8, 4) is 0 Å². The Morgan fingerprint density at radius 2 is 1.97 bits per heavy atom. The molecule has 1 aromatic carbocycles. The molecule has 2 N–H and O–H groups in total. The normalized spacial score (nSPS) is 10.9. The first kappa shape index (κ1) is 21.2. The van der Waals surface area contributed by atoms with E-state index in [1.165, 1.54) is 22.2 Å². The van der Waals surface area contributed by atoms with Gasteiger partial charge in [-0.3, -0.25) is 19.0 Å². The molecule has 3 aromatic rings. The van der Waals surface area contributed by atoms with Gasteiger partial charge in [0, 0.05) is 28.0 Å². The largest absolute Gasteiger partial charge is 0.347 e. The summed E-state index contributed by atoms with van der Waals surface area (Å²) in [5.41, 5.74) is 2.45. The molecule has 0 atom stereocenters. The lowest BCUT2D eigenvalue weighted by molar-refractivity contribution is -0.124. The number of benzene rings is 1. The number of hydrogen-bond donors (Lipinski definition) is 2. The molecule has 9 heteroatoms. The zero-order valence-corrected chi connectivity index (χ0v) is 18.7. The molecular weight excluding hydrogens is 456 g/mol. The predicted molar refractivity (Wildman–Crippen MR) is 118 cm³/mol. The molecule has 2 amide bonds. The van der Waals surface area contributed by atoms with Crippen LogP contribution < -0.4 is 16.2 Å². The fourth-order valence-electron chi connectivity index (χ4n) is 2.85. The fourth-order valence-corrected chi connectivity index (χ4v) is 4.08. The van der Waals surface area contributed by atoms with Crippen LogP contribution in [0.2, 0.25) is 0 Å². The molecule has 0 aliphatic heterocycles. The van der Waals surface area contributed by atoms with Crippen molar-refractivity contribution in [2.24, 2.45) is 0 Å². The average Bonchev–Trinajstić information content (AvgIpc) is 2.97. The molecule has 0 aliphatic carbocycles. The Hall–Kier alpha value is -2.52. The molecule has 0 saturated heterocycles. The van der Waals surface area contributed by atoms with Gasteiger partial charge in [0.15, 0.2) is 0 Å². The second-order valence-electron chi connectivity index (χ2n) is 6.75. The highest BCUT2D eigenvalue weighted by molar-refractivity contribution is 9.10. The van der Waals surface area contributed by atoms with Crippen LogP contribution in [0, 0.1) is 20.8 Å². The highest BCUT2D eigenvalue weighted by Crippen LogP contribution is 2.25. The summed E-state index contributed by atoms with van der Waals surface area (Å²) in [6.45, 7) is 5.85. The highest BCUT2D eigenvalue weighted by atomic mass is 79.9. The van der Waals surface area contributed by atoms with E-state index in [1.54, 1.807) is 6.07 Å². The Morgan fingerprint density at radius 3 is 2.69 bits per heavy atom. The second kappa shape index (κ2) is 8.87. The molecule has 29 heavy (non-hydrogen) atoms. The van der Waals surface area contributed by atoms with Crippen molar-refractivity contribution in [1.29, 1.82) is 0 Å². The van der Waals surface area contributed by atoms with Crippen LogP contribution >= 0.6 is 27.3 Å². The Kier molecular flexibility index (Phi) is 6.49. The van der Waals surface area contributed by atoms with Crippen LogP contribution in [-0.4, -0.2) is 27.9 Å². The number of nitrogens with one attached hydrogen (secondary N) is 2. The van der Waals surface area contributed by atoms with Crippen molar-refractivity contribution in [3.05, 3.63) is 55.4 Å². The van der Waals surface area contributed by atoms with E-state index in [9.17, 15) is 14.4 Å². The van der Waals surface area contributed by atoms with Crippen molar-refractivity contribution in [2.75, 3.05) is 11.9 Å². The van der Waals surface area contributed by atoms with Gasteiger partial charge in [0.2, 0.25) is 11.8 Å². The van der Waals surface area contributed by atoms with Gasteiger partial charge in [-0.25, -0.2) is 4.98 Å². The molecule has 0 fully saturated rings. The minimum Gasteiger partial charge on any atom is -0.347 e. The number of amides is 2. The number of nitrogens with zero attached hydrogens (tertiary/aromatic N) is 2. The number of hydrogen-bond acceptors (Lipinski definition) is 5. The van der Waals surface area contributed by atoms with E-state index >= 15 is 0 Å². The van der Waals surface area contributed by atoms with E-state index in [1.807, 2.05) is 32.9 Å². The van der Waals surface area contributed by atoms with Crippen LogP contribution in [-0.2, 0) is 16.1 Å². The SMILES string of the molecule is Cc1cc(NC(=O)CNC(=O)CCn2cnc3sc(C)c(C)c3c2=O)ccc1Br. The lowest BCUT2D eigenvalue weighted by atomic mass is 10.2. The standard InChI is InChI=1S/C20H21BrN4O3S/c1-11-8-14(4-5-15(11)21)24-17(27)9-22-16(26)6-7-25-10-23-19-18(20(25)28)12(2)13(3)29-19/h4-5,8,10H,6-7,9H2,1-3H3,(H,22,26)(H,24,27). The highest BCUT2D eigenvalue weighted by Gasteiger charge is 2.13. The molecule has 0 spiro atoms. The lowest BCUT2D eigenvalue weighted by Gasteiger charge is -2.09. The summed E-state index contributed by atoms with van der Waals surface area (Å²) in [6, 6.07) is 5.47. The van der Waals surface area contributed by atoms with Gasteiger partial charge in [-0.15, -0.1) is 11.3 Å². The third kappa shape index (κ3) is 4.91. The number of halogens is 1. The molecule has 0 unspecified atom stereocenters. The van der Waals surface area contributed by atoms with E-state index in [0.29, 0.717) is 15.9 Å². The number of thiophene rings is 1. The molecule has 3 rings (SSSR count). The van der Waals surface area contributed by atoms with Gasteiger partial charge in [0.1, 0.15) is 4.83 Å². The first-order chi connectivity index (χ1) is 13.8. The van der Waals surface area contributed by atoms with Gasteiger partial charge in [0.05, 0.1) is 18.3 Å². The van der Waals surface area contributed by atoms with Crippen molar-refractivity contribution in [2.45, 2.75) is 33.7 Å². The summed E-state index contributed by atoms with van der Waals surface area (Å²) in [6.07, 6.45) is 1.55. The van der Waals surface area contributed by atoms with Gasteiger partial charge in [-0.2, -0.15) is 0 Å². The smallest absolute Gasteiger partial charge is 0.262 e. The molecule has 2 heterocycles. The fraction of sp³-hybridized carbons (Fsp3) is 0.300. The summed E-state index contributed by atoms with van der Waals surface area (Å²) in [7, 11) is 0. The Bertz CT molecular complexity index is 1150. The molecule has 0 aliphatic rings. The van der Waals surface area contributed by atoms with Crippen LogP contribution in [0.15, 0.2) is 33.8 Å². The van der Waals surface area contributed by atoms with E-state index in [-0.39, 0.29) is 36.9 Å². The number of carbonyl (C=O) groups is 2. The Morgan fingerprint density at radius 1 is 1.21 bits per heavy atom. The van der Waals surface area contributed by atoms with Crippen LogP contribution in [0.1, 0.15) is 22.4 Å². The molecule has 7 nitrogen and oxygen atoms in total. The predicted octanol–water partition coefficient (Wildman–Crippen LogP) is 3.29. The molecular formula is C20H21BrN4O3S. The maximum Gasteiger partial charge on any atom is 0.262 e. The summed E-state index contributed by atoms with van der Waals surface area (Å²) in [5, 5.41) is 5.93. The summed E-state index contributed by atoms with van der Waals surface area (Å²) in [4.78, 5) is 42.8. The number of aromatic nitrogens is 2. The number of carbonyl (C=O) groups excluding carboxylic acids is 2. The second-order valence-corrected chi connectivity index (χ2v) is 8.80. The molecule has 0 bridgehead atoms. The maximum absolute atomic E-state index is 12.6. The van der Waals surface area contributed by atoms with Crippen molar-refractivity contribution < 1.29 is 9.59 Å². The summed E-state index contributed by atoms with van der Waals surface area (Å²) >= 11 is 4.90. The first-order valence-electron chi connectivity index (χ1n) is 9.04. The number of rotatable bonds is 6. The monoisotopic (exact) mass is 476 g/mol. The van der Waals surface area contributed by atoms with Gasteiger partial charge in [-0.05, 0) is 50.1 Å². The Labute approximate surface area is 180 Å². The topological polar surface area (TPSA) is 93.1 Å². The average molecular weight is 477 g/mol. The molecule has 0 radical (unpaired) electrons. The van der Waals surface area contributed by atoms with E-state index in [2.05, 4.69) is 31.5 Å². The summed E-state index contributed by atoms with van der Waals surface area (Å²) in [5.74, 6) is -0.623. The third-order valence-electron chi connectivity index (χ3n) is 4.62. The first-order valence-corrected chi connectivity index (χ1v) is 10.6. The van der Waals surface area contributed by atoms with Crippen LogP contribution in [0.4, 0.5) is 5.69 Å². The zero-order valence-electron chi connectivity index (χ0n) is 16.3. The molecule has 152 valence electrons. The van der Waals surface area contributed by atoms with Crippen molar-refractivity contribution >= 4 is 55.0 Å². The number of anilines is 1. The van der Waals surface area contributed by atoms with E-state index in [0.717, 1.165) is 20.5 Å². The third-order valence-corrected chi connectivity index (χ3v) is 6.63. The quantitative estimate of drug-likeness (QED) is 0.570. The van der Waals surface area contributed by atoms with Crippen LogP contribution in [0.3, 0.4) is 0 Å². The van der Waals surface area contributed by atoms with Gasteiger partial charge >= 0.3 is 0 Å². The minimum atomic E-state index is -0.315. The lowest BCUT2D eigenvalue weighted by Crippen LogP contribution is -2.34. The maximum atomic E-state index is 12.6. The van der Waals surface area contributed by atoms with Crippen LogP contribution in [0.5, 0.6) is 0 Å². The van der Waals surface area contributed by atoms with Gasteiger partial charge in [-0.1, -0.05) is 15.9 Å². The molecule has 2 aromatic heterocycles. The van der Waals surface area contributed by atoms with Gasteiger partial charge < -0.3 is 10.6 Å². The Balaban J connectivity index is 1.53. The van der Waals surface area contributed by atoms with Gasteiger partial charge in [0.25, 0.3) is 5.56 Å². The number of aryl methyl sites for hydroxylation is 4. The minimum absolute atomic E-state index is 0.0833. The van der Waals surface area contributed by atoms with Crippen LogP contribution in [0.25, 0.3) is 10.2 Å². The molecule has 0 saturated carbocycles. The van der Waals surface area contributed by atoms with Crippen molar-refractivity contribution in [1.82, 2.24) is 14.9 Å². The van der Waals surface area contributed by atoms with Crippen molar-refractivity contribution in [3.63, 3.8) is 0 Å². The van der Waals surface area contributed by atoms with E-state index < -0.39 is 0 Å². The zero-order chi connectivity index (χ0) is 21.1.